The van der Waals surface area contributed by atoms with Crippen molar-refractivity contribution in [1.82, 2.24) is 0 Å². The summed E-state index contributed by atoms with van der Waals surface area (Å²) in [6.45, 7) is 3.51. The van der Waals surface area contributed by atoms with E-state index in [1.165, 1.54) is 18.1 Å². The number of carbonyl (C=O) groups excluding carboxylic acids is 2. The number of hydrogen-bond acceptors (Lipinski definition) is 3. The normalized spacial score (nSPS) is 10.2. The first kappa shape index (κ1) is 17.1. The first-order chi connectivity index (χ1) is 11.0. The molecule has 23 heavy (non-hydrogen) atoms. The molecule has 0 saturated carbocycles. The Kier molecular flexibility index (Phi) is 6.23. The van der Waals surface area contributed by atoms with Crippen LogP contribution in [0.15, 0.2) is 48.5 Å². The minimum atomic E-state index is -0.137. The molecule has 0 unspecified atom stereocenters. The van der Waals surface area contributed by atoms with E-state index < -0.39 is 0 Å². The van der Waals surface area contributed by atoms with Crippen molar-refractivity contribution in [3.8, 4) is 0 Å². The molecule has 2 N–H and O–H groups in total. The molecule has 0 heterocycles. The number of thioether (sulfide) groups is 1. The topological polar surface area (TPSA) is 58.2 Å². The predicted molar refractivity (Wildman–Crippen MR) is 96.7 cm³/mol. The largest absolute Gasteiger partial charge is 0.326 e. The number of hydrogen-bond donors (Lipinski definition) is 2. The van der Waals surface area contributed by atoms with Gasteiger partial charge in [0.1, 0.15) is 0 Å². The summed E-state index contributed by atoms with van der Waals surface area (Å²) in [5.41, 5.74) is 3.79. The Morgan fingerprint density at radius 2 is 1.70 bits per heavy atom. The van der Waals surface area contributed by atoms with E-state index in [0.717, 1.165) is 5.75 Å². The summed E-state index contributed by atoms with van der Waals surface area (Å²) in [4.78, 5) is 23.0. The average Bonchev–Trinajstić information content (AvgIpc) is 2.47. The van der Waals surface area contributed by atoms with Crippen molar-refractivity contribution in [3.05, 3.63) is 59.7 Å². The number of amides is 2. The zero-order chi connectivity index (χ0) is 16.7. The first-order valence-corrected chi connectivity index (χ1v) is 8.49. The Morgan fingerprint density at radius 1 is 1.00 bits per heavy atom. The molecule has 4 nitrogen and oxygen atoms in total. The molecular weight excluding hydrogens is 308 g/mol. The zero-order valence-corrected chi connectivity index (χ0v) is 14.1. The van der Waals surface area contributed by atoms with E-state index in [0.29, 0.717) is 17.1 Å². The highest BCUT2D eigenvalue weighted by atomic mass is 32.2. The Labute approximate surface area is 140 Å². The molecule has 5 heteroatoms. The Morgan fingerprint density at radius 3 is 2.39 bits per heavy atom. The van der Waals surface area contributed by atoms with Gasteiger partial charge in [-0.3, -0.25) is 9.59 Å². The van der Waals surface area contributed by atoms with Crippen LogP contribution in [0.5, 0.6) is 0 Å². The van der Waals surface area contributed by atoms with Gasteiger partial charge in [0, 0.05) is 24.1 Å². The minimum Gasteiger partial charge on any atom is -0.326 e. The Hall–Kier alpha value is -2.27. The third kappa shape index (κ3) is 6.16. The number of benzene rings is 2. The highest BCUT2D eigenvalue weighted by molar-refractivity contribution is 7.99. The molecule has 0 fully saturated rings. The summed E-state index contributed by atoms with van der Waals surface area (Å²) in [5, 5.41) is 5.54. The van der Waals surface area contributed by atoms with E-state index in [2.05, 4.69) is 35.8 Å². The summed E-state index contributed by atoms with van der Waals surface area (Å²) in [5.74, 6) is 1.00. The highest BCUT2D eigenvalue weighted by Gasteiger charge is 2.04. The van der Waals surface area contributed by atoms with E-state index in [1.807, 2.05) is 6.07 Å². The van der Waals surface area contributed by atoms with Gasteiger partial charge in [-0.2, -0.15) is 0 Å². The highest BCUT2D eigenvalue weighted by Crippen LogP contribution is 2.17. The van der Waals surface area contributed by atoms with E-state index in [-0.39, 0.29) is 11.8 Å². The van der Waals surface area contributed by atoms with Crippen LogP contribution in [0.25, 0.3) is 0 Å². The average molecular weight is 328 g/mol. The summed E-state index contributed by atoms with van der Waals surface area (Å²) < 4.78 is 0. The number of carbonyl (C=O) groups is 2. The molecule has 2 rings (SSSR count). The molecule has 2 aromatic carbocycles. The van der Waals surface area contributed by atoms with Crippen LogP contribution in [0.3, 0.4) is 0 Å². The van der Waals surface area contributed by atoms with Gasteiger partial charge in [-0.25, -0.2) is 0 Å². The first-order valence-electron chi connectivity index (χ1n) is 7.34. The van der Waals surface area contributed by atoms with Gasteiger partial charge in [-0.15, -0.1) is 11.8 Å². The van der Waals surface area contributed by atoms with Crippen molar-refractivity contribution >= 4 is 35.0 Å². The van der Waals surface area contributed by atoms with Crippen LogP contribution in [0.4, 0.5) is 11.4 Å². The molecule has 2 amide bonds. The maximum absolute atomic E-state index is 12.0. The maximum atomic E-state index is 12.0. The van der Waals surface area contributed by atoms with Crippen molar-refractivity contribution in [1.29, 1.82) is 0 Å². The van der Waals surface area contributed by atoms with Gasteiger partial charge >= 0.3 is 0 Å². The van der Waals surface area contributed by atoms with Gasteiger partial charge in [0.25, 0.3) is 0 Å². The van der Waals surface area contributed by atoms with Crippen LogP contribution < -0.4 is 10.6 Å². The van der Waals surface area contributed by atoms with Crippen molar-refractivity contribution in [2.45, 2.75) is 19.6 Å². The lowest BCUT2D eigenvalue weighted by atomic mass is 10.2. The molecule has 0 aliphatic carbocycles. The van der Waals surface area contributed by atoms with Crippen molar-refractivity contribution < 1.29 is 9.59 Å². The van der Waals surface area contributed by atoms with Crippen LogP contribution in [-0.2, 0) is 15.3 Å². The van der Waals surface area contributed by atoms with Gasteiger partial charge in [-0.1, -0.05) is 35.9 Å². The fraction of sp³-hybridized carbons (Fsp3) is 0.222. The second-order valence-electron chi connectivity index (χ2n) is 5.29. The van der Waals surface area contributed by atoms with Crippen LogP contribution in [-0.4, -0.2) is 17.6 Å². The molecule has 0 saturated heterocycles. The molecule has 0 spiro atoms. The van der Waals surface area contributed by atoms with E-state index in [9.17, 15) is 9.59 Å². The van der Waals surface area contributed by atoms with Crippen LogP contribution in [0.2, 0.25) is 0 Å². The van der Waals surface area contributed by atoms with Crippen molar-refractivity contribution in [2.75, 3.05) is 16.4 Å². The van der Waals surface area contributed by atoms with Crippen LogP contribution >= 0.6 is 11.8 Å². The fourth-order valence-corrected chi connectivity index (χ4v) is 2.91. The zero-order valence-electron chi connectivity index (χ0n) is 13.3. The summed E-state index contributed by atoms with van der Waals surface area (Å²) in [7, 11) is 0. The lowest BCUT2D eigenvalue weighted by Crippen LogP contribution is -2.14. The molecular formula is C18H20N2O2S. The molecule has 0 radical (unpaired) electrons. The van der Waals surface area contributed by atoms with E-state index >= 15 is 0 Å². The fourth-order valence-electron chi connectivity index (χ4n) is 2.14. The second-order valence-corrected chi connectivity index (χ2v) is 6.28. The summed E-state index contributed by atoms with van der Waals surface area (Å²) in [6, 6.07) is 15.4. The van der Waals surface area contributed by atoms with Gasteiger partial charge in [0.15, 0.2) is 0 Å². The predicted octanol–water partition coefficient (Wildman–Crippen LogP) is 3.83. The van der Waals surface area contributed by atoms with Crippen molar-refractivity contribution in [2.24, 2.45) is 0 Å². The number of aryl methyl sites for hydroxylation is 1. The van der Waals surface area contributed by atoms with Crippen LogP contribution in [0, 0.1) is 6.92 Å². The van der Waals surface area contributed by atoms with Gasteiger partial charge in [-0.05, 0) is 30.7 Å². The molecule has 0 aliphatic rings. The molecule has 0 bridgehead atoms. The van der Waals surface area contributed by atoms with E-state index in [1.54, 1.807) is 36.0 Å². The molecule has 2 aromatic rings. The lowest BCUT2D eigenvalue weighted by Gasteiger charge is -2.08. The van der Waals surface area contributed by atoms with Gasteiger partial charge in [0.05, 0.1) is 5.75 Å². The summed E-state index contributed by atoms with van der Waals surface area (Å²) in [6.07, 6.45) is 0. The maximum Gasteiger partial charge on any atom is 0.234 e. The van der Waals surface area contributed by atoms with Gasteiger partial charge < -0.3 is 10.6 Å². The van der Waals surface area contributed by atoms with Crippen molar-refractivity contribution in [3.63, 3.8) is 0 Å². The molecule has 0 atom stereocenters. The molecule has 0 aromatic heterocycles. The van der Waals surface area contributed by atoms with E-state index in [4.69, 9.17) is 0 Å². The minimum absolute atomic E-state index is 0.0531. The second kappa shape index (κ2) is 8.39. The smallest absolute Gasteiger partial charge is 0.234 e. The quantitative estimate of drug-likeness (QED) is 0.847. The van der Waals surface area contributed by atoms with Crippen LogP contribution in [0.1, 0.15) is 18.1 Å². The standard InChI is InChI=1S/C18H20N2O2S/c1-13-5-3-6-15(9-13)11-23-12-18(22)20-17-8-4-7-16(10-17)19-14(2)21/h3-10H,11-12H2,1-2H3,(H,19,21)(H,20,22). The third-order valence-corrected chi connectivity index (χ3v) is 4.05. The Bertz CT molecular complexity index is 701. The van der Waals surface area contributed by atoms with Gasteiger partial charge in [0.2, 0.25) is 11.8 Å². The lowest BCUT2D eigenvalue weighted by molar-refractivity contribution is -0.114. The number of rotatable bonds is 6. The Balaban J connectivity index is 1.81. The monoisotopic (exact) mass is 328 g/mol. The summed E-state index contributed by atoms with van der Waals surface area (Å²) >= 11 is 1.58. The number of nitrogens with one attached hydrogen (secondary N) is 2. The SMILES string of the molecule is CC(=O)Nc1cccc(NC(=O)CSCc2cccc(C)c2)c1. The molecule has 120 valence electrons. The molecule has 0 aliphatic heterocycles. The number of anilines is 2. The third-order valence-electron chi connectivity index (χ3n) is 3.05.